The summed E-state index contributed by atoms with van der Waals surface area (Å²) in [6.07, 6.45) is 5.35. The van der Waals surface area contributed by atoms with Crippen LogP contribution in [0.1, 0.15) is 32.4 Å². The average molecular weight is 236 g/mol. The van der Waals surface area contributed by atoms with Crippen molar-refractivity contribution in [3.8, 4) is 0 Å². The molecule has 0 bridgehead atoms. The van der Waals surface area contributed by atoms with Gasteiger partial charge in [-0.05, 0) is 25.1 Å². The minimum absolute atomic E-state index is 0.337. The first-order valence-electron chi connectivity index (χ1n) is 6.59. The third-order valence-electron chi connectivity index (χ3n) is 2.67. The summed E-state index contributed by atoms with van der Waals surface area (Å²) in [5.74, 6) is 0. The predicted molar refractivity (Wildman–Crippen MR) is 71.1 cm³/mol. The van der Waals surface area contributed by atoms with Crippen LogP contribution in [0.15, 0.2) is 24.4 Å². The molecular weight excluding hydrogens is 212 g/mol. The van der Waals surface area contributed by atoms with E-state index in [0.29, 0.717) is 6.10 Å². The van der Waals surface area contributed by atoms with Gasteiger partial charge < -0.3 is 10.1 Å². The Morgan fingerprint density at radius 1 is 1.35 bits per heavy atom. The molecule has 3 heteroatoms. The number of aromatic nitrogens is 1. The molecule has 0 aromatic carbocycles. The fourth-order valence-corrected chi connectivity index (χ4v) is 1.75. The molecule has 1 aromatic rings. The van der Waals surface area contributed by atoms with Gasteiger partial charge in [-0.1, -0.05) is 26.3 Å². The van der Waals surface area contributed by atoms with Gasteiger partial charge in [-0.2, -0.15) is 0 Å². The van der Waals surface area contributed by atoms with Crippen LogP contribution in [0.2, 0.25) is 0 Å². The number of ether oxygens (including phenoxy) is 1. The Hall–Kier alpha value is -0.930. The van der Waals surface area contributed by atoms with Crippen LogP contribution in [0.3, 0.4) is 0 Å². The molecule has 3 nitrogen and oxygen atoms in total. The summed E-state index contributed by atoms with van der Waals surface area (Å²) in [5, 5.41) is 3.34. The van der Waals surface area contributed by atoms with Crippen molar-refractivity contribution in [2.24, 2.45) is 0 Å². The molecule has 0 radical (unpaired) electrons. The summed E-state index contributed by atoms with van der Waals surface area (Å²) in [6.45, 7) is 7.03. The van der Waals surface area contributed by atoms with Crippen molar-refractivity contribution >= 4 is 0 Å². The van der Waals surface area contributed by atoms with Crippen molar-refractivity contribution in [2.75, 3.05) is 19.7 Å². The van der Waals surface area contributed by atoms with Gasteiger partial charge in [-0.15, -0.1) is 0 Å². The molecule has 0 spiro atoms. The second-order valence-corrected chi connectivity index (χ2v) is 4.16. The van der Waals surface area contributed by atoms with Gasteiger partial charge in [0.25, 0.3) is 0 Å². The molecular formula is C14H24N2O. The normalized spacial score (nSPS) is 12.6. The first-order chi connectivity index (χ1) is 8.36. The molecule has 1 heterocycles. The average Bonchev–Trinajstić information content (AvgIpc) is 2.37. The van der Waals surface area contributed by atoms with E-state index in [4.69, 9.17) is 4.74 Å². The number of pyridine rings is 1. The standard InChI is InChI=1S/C14H24N2O/c1-3-7-14(12-15-4-2)17-11-9-13-8-5-6-10-16-13/h5-6,8,10,14-15H,3-4,7,9,11-12H2,1-2H3. The van der Waals surface area contributed by atoms with Crippen LogP contribution in [0.25, 0.3) is 0 Å². The minimum Gasteiger partial charge on any atom is -0.376 e. The van der Waals surface area contributed by atoms with Gasteiger partial charge in [0, 0.05) is 24.9 Å². The third kappa shape index (κ3) is 6.39. The second-order valence-electron chi connectivity index (χ2n) is 4.16. The van der Waals surface area contributed by atoms with Crippen LogP contribution >= 0.6 is 0 Å². The van der Waals surface area contributed by atoms with Crippen LogP contribution in [0.4, 0.5) is 0 Å². The maximum atomic E-state index is 5.89. The van der Waals surface area contributed by atoms with Crippen molar-refractivity contribution in [2.45, 2.75) is 39.2 Å². The maximum absolute atomic E-state index is 5.89. The summed E-state index contributed by atoms with van der Waals surface area (Å²) in [7, 11) is 0. The number of hydrogen-bond donors (Lipinski definition) is 1. The fourth-order valence-electron chi connectivity index (χ4n) is 1.75. The molecule has 1 N–H and O–H groups in total. The Kier molecular flexibility index (Phi) is 7.60. The fraction of sp³-hybridized carbons (Fsp3) is 0.643. The zero-order valence-electron chi connectivity index (χ0n) is 11.0. The summed E-state index contributed by atoms with van der Waals surface area (Å²) >= 11 is 0. The van der Waals surface area contributed by atoms with E-state index in [2.05, 4.69) is 24.1 Å². The van der Waals surface area contributed by atoms with Gasteiger partial charge in [0.15, 0.2) is 0 Å². The Morgan fingerprint density at radius 3 is 2.88 bits per heavy atom. The number of rotatable bonds is 9. The van der Waals surface area contributed by atoms with Gasteiger partial charge in [0.2, 0.25) is 0 Å². The lowest BCUT2D eigenvalue weighted by molar-refractivity contribution is 0.0491. The highest BCUT2D eigenvalue weighted by atomic mass is 16.5. The summed E-state index contributed by atoms with van der Waals surface area (Å²) in [4.78, 5) is 4.29. The van der Waals surface area contributed by atoms with Gasteiger partial charge in [-0.3, -0.25) is 4.98 Å². The van der Waals surface area contributed by atoms with Gasteiger partial charge in [0.05, 0.1) is 12.7 Å². The van der Waals surface area contributed by atoms with Crippen LogP contribution in [0.5, 0.6) is 0 Å². The summed E-state index contributed by atoms with van der Waals surface area (Å²) in [5.41, 5.74) is 1.10. The van der Waals surface area contributed by atoms with E-state index in [9.17, 15) is 0 Å². The van der Waals surface area contributed by atoms with Gasteiger partial charge in [0.1, 0.15) is 0 Å². The molecule has 1 rings (SSSR count). The Bertz CT molecular complexity index is 277. The zero-order valence-corrected chi connectivity index (χ0v) is 11.0. The van der Waals surface area contributed by atoms with Gasteiger partial charge >= 0.3 is 0 Å². The van der Waals surface area contributed by atoms with Crippen molar-refractivity contribution in [1.29, 1.82) is 0 Å². The van der Waals surface area contributed by atoms with Crippen molar-refractivity contribution in [1.82, 2.24) is 10.3 Å². The van der Waals surface area contributed by atoms with E-state index in [1.54, 1.807) is 0 Å². The first kappa shape index (κ1) is 14.1. The molecule has 1 atom stereocenters. The van der Waals surface area contributed by atoms with Crippen molar-refractivity contribution < 1.29 is 4.74 Å². The number of likely N-dealkylation sites (N-methyl/N-ethyl adjacent to an activating group) is 1. The highest BCUT2D eigenvalue weighted by Gasteiger charge is 2.07. The molecule has 96 valence electrons. The Morgan fingerprint density at radius 2 is 2.24 bits per heavy atom. The number of nitrogens with zero attached hydrogens (tertiary/aromatic N) is 1. The first-order valence-corrected chi connectivity index (χ1v) is 6.59. The largest absolute Gasteiger partial charge is 0.376 e. The van der Waals surface area contributed by atoms with Gasteiger partial charge in [-0.25, -0.2) is 0 Å². The second kappa shape index (κ2) is 9.14. The van der Waals surface area contributed by atoms with E-state index in [1.165, 1.54) is 6.42 Å². The Balaban J connectivity index is 2.22. The van der Waals surface area contributed by atoms with Crippen LogP contribution in [-0.4, -0.2) is 30.8 Å². The summed E-state index contributed by atoms with van der Waals surface area (Å²) in [6, 6.07) is 6.00. The predicted octanol–water partition coefficient (Wildman–Crippen LogP) is 2.42. The monoisotopic (exact) mass is 236 g/mol. The minimum atomic E-state index is 0.337. The van der Waals surface area contributed by atoms with E-state index < -0.39 is 0 Å². The molecule has 1 unspecified atom stereocenters. The lowest BCUT2D eigenvalue weighted by Crippen LogP contribution is -2.29. The molecule has 0 aliphatic heterocycles. The third-order valence-corrected chi connectivity index (χ3v) is 2.67. The van der Waals surface area contributed by atoms with Crippen molar-refractivity contribution in [3.05, 3.63) is 30.1 Å². The van der Waals surface area contributed by atoms with E-state index >= 15 is 0 Å². The van der Waals surface area contributed by atoms with E-state index in [1.807, 2.05) is 24.4 Å². The Labute approximate surface area is 105 Å². The SMILES string of the molecule is CCCC(CNCC)OCCc1ccccn1. The van der Waals surface area contributed by atoms with E-state index in [0.717, 1.165) is 38.2 Å². The van der Waals surface area contributed by atoms with Crippen LogP contribution in [0, 0.1) is 0 Å². The molecule has 0 saturated heterocycles. The summed E-state index contributed by atoms with van der Waals surface area (Å²) < 4.78 is 5.89. The molecule has 1 aromatic heterocycles. The number of nitrogens with one attached hydrogen (secondary N) is 1. The molecule has 0 amide bonds. The molecule has 0 saturated carbocycles. The lowest BCUT2D eigenvalue weighted by Gasteiger charge is -2.17. The highest BCUT2D eigenvalue weighted by Crippen LogP contribution is 2.03. The molecule has 0 fully saturated rings. The smallest absolute Gasteiger partial charge is 0.0699 e. The highest BCUT2D eigenvalue weighted by molar-refractivity contribution is 5.03. The zero-order chi connectivity index (χ0) is 12.3. The van der Waals surface area contributed by atoms with Crippen LogP contribution in [-0.2, 0) is 11.2 Å². The van der Waals surface area contributed by atoms with E-state index in [-0.39, 0.29) is 0 Å². The van der Waals surface area contributed by atoms with Crippen molar-refractivity contribution in [3.63, 3.8) is 0 Å². The lowest BCUT2D eigenvalue weighted by atomic mass is 10.2. The quantitative estimate of drug-likeness (QED) is 0.715. The molecule has 0 aliphatic rings. The topological polar surface area (TPSA) is 34.1 Å². The maximum Gasteiger partial charge on any atom is 0.0699 e. The van der Waals surface area contributed by atoms with Crippen LogP contribution < -0.4 is 5.32 Å². The molecule has 17 heavy (non-hydrogen) atoms. The molecule has 0 aliphatic carbocycles. The number of hydrogen-bond acceptors (Lipinski definition) is 3.